The second kappa shape index (κ2) is 11.8. The van der Waals surface area contributed by atoms with E-state index in [2.05, 4.69) is 95.7 Å². The van der Waals surface area contributed by atoms with E-state index in [9.17, 15) is 0 Å². The van der Waals surface area contributed by atoms with E-state index in [4.69, 9.17) is 9.97 Å². The second-order valence-electron chi connectivity index (χ2n) is 12.7. The van der Waals surface area contributed by atoms with Crippen molar-refractivity contribution in [2.45, 2.75) is 78.3 Å². The van der Waals surface area contributed by atoms with Gasteiger partial charge < -0.3 is 9.97 Å². The molecule has 0 unspecified atom stereocenters. The molecule has 6 nitrogen and oxygen atoms in total. The molecule has 0 amide bonds. The number of fused-ring (bicyclic) bond motifs is 2. The van der Waals surface area contributed by atoms with Crippen molar-refractivity contribution in [3.05, 3.63) is 59.2 Å². The van der Waals surface area contributed by atoms with Crippen LogP contribution in [0.2, 0.25) is 0 Å². The standard InChI is InChI=1S/C34H44N6/c1-23(2)15-19-39-17-5-7-31(39)33-35-27-13-11-25(21-29(27)37-33)9-10-26-12-14-28-30(22-26)38-34(36-28)32-8-6-18-40(32)20-16-24(3)4/h11-14,21-24,31-32H,5-8,15-20H2,1-4H3,(H,35,37)(H,36,38)/t31-,32-/m0/s1. The third-order valence-electron chi connectivity index (χ3n) is 8.70. The lowest BCUT2D eigenvalue weighted by Gasteiger charge is -2.23. The molecule has 40 heavy (non-hydrogen) atoms. The zero-order valence-electron chi connectivity index (χ0n) is 24.6. The molecular weight excluding hydrogens is 492 g/mol. The largest absolute Gasteiger partial charge is 0.341 e. The highest BCUT2D eigenvalue weighted by Gasteiger charge is 2.29. The summed E-state index contributed by atoms with van der Waals surface area (Å²) in [5.74, 6) is 10.4. The van der Waals surface area contributed by atoms with Crippen LogP contribution in [-0.4, -0.2) is 55.9 Å². The fourth-order valence-electron chi connectivity index (χ4n) is 6.33. The Labute approximate surface area is 239 Å². The Bertz CT molecular complexity index is 1400. The minimum absolute atomic E-state index is 0.401. The first-order valence-electron chi connectivity index (χ1n) is 15.4. The fraction of sp³-hybridized carbons (Fsp3) is 0.529. The summed E-state index contributed by atoms with van der Waals surface area (Å²) in [6.45, 7) is 13.9. The van der Waals surface area contributed by atoms with E-state index < -0.39 is 0 Å². The van der Waals surface area contributed by atoms with E-state index in [0.29, 0.717) is 12.1 Å². The van der Waals surface area contributed by atoms with Crippen molar-refractivity contribution in [3.63, 3.8) is 0 Å². The first-order valence-corrected chi connectivity index (χ1v) is 15.4. The van der Waals surface area contributed by atoms with Crippen molar-refractivity contribution < 1.29 is 0 Å². The number of aromatic nitrogens is 4. The minimum Gasteiger partial charge on any atom is -0.341 e. The number of imidazole rings is 2. The Morgan fingerprint density at radius 2 is 1.18 bits per heavy atom. The highest BCUT2D eigenvalue weighted by Crippen LogP contribution is 2.33. The maximum atomic E-state index is 4.97. The molecule has 4 heterocycles. The summed E-state index contributed by atoms with van der Waals surface area (Å²) in [4.78, 5) is 22.4. The average molecular weight is 537 g/mol. The Morgan fingerprint density at radius 1 is 0.725 bits per heavy atom. The number of benzene rings is 2. The molecule has 210 valence electrons. The lowest BCUT2D eigenvalue weighted by Crippen LogP contribution is -2.26. The molecule has 0 spiro atoms. The summed E-state index contributed by atoms with van der Waals surface area (Å²) >= 11 is 0. The Morgan fingerprint density at radius 3 is 1.60 bits per heavy atom. The first-order chi connectivity index (χ1) is 19.4. The van der Waals surface area contributed by atoms with Crippen LogP contribution in [0.4, 0.5) is 0 Å². The first kappa shape index (κ1) is 27.1. The molecule has 0 saturated carbocycles. The van der Waals surface area contributed by atoms with Gasteiger partial charge in [0.25, 0.3) is 0 Å². The van der Waals surface area contributed by atoms with E-state index >= 15 is 0 Å². The molecular formula is C34H44N6. The van der Waals surface area contributed by atoms with Crippen molar-refractivity contribution >= 4 is 22.1 Å². The summed E-state index contributed by atoms with van der Waals surface area (Å²) in [6, 6.07) is 13.5. The highest BCUT2D eigenvalue weighted by molar-refractivity contribution is 5.78. The van der Waals surface area contributed by atoms with Crippen molar-refractivity contribution in [2.24, 2.45) is 11.8 Å². The van der Waals surface area contributed by atoms with Gasteiger partial charge in [-0.2, -0.15) is 0 Å². The predicted molar refractivity (Wildman–Crippen MR) is 164 cm³/mol. The van der Waals surface area contributed by atoms with Crippen LogP contribution in [0.3, 0.4) is 0 Å². The molecule has 6 heteroatoms. The van der Waals surface area contributed by atoms with Crippen molar-refractivity contribution in [2.75, 3.05) is 26.2 Å². The molecule has 0 radical (unpaired) electrons. The van der Waals surface area contributed by atoms with Gasteiger partial charge in [-0.1, -0.05) is 39.5 Å². The van der Waals surface area contributed by atoms with Crippen molar-refractivity contribution in [1.29, 1.82) is 0 Å². The number of aromatic amines is 2. The van der Waals surface area contributed by atoms with Crippen LogP contribution in [0.1, 0.15) is 101 Å². The molecule has 2 fully saturated rings. The van der Waals surface area contributed by atoms with Crippen LogP contribution >= 0.6 is 0 Å². The molecule has 6 rings (SSSR count). The van der Waals surface area contributed by atoms with Gasteiger partial charge in [-0.25, -0.2) is 9.97 Å². The second-order valence-corrected chi connectivity index (χ2v) is 12.7. The Balaban J connectivity index is 1.17. The summed E-state index contributed by atoms with van der Waals surface area (Å²) in [7, 11) is 0. The minimum atomic E-state index is 0.401. The molecule has 2 aromatic carbocycles. The fourth-order valence-corrected chi connectivity index (χ4v) is 6.33. The van der Waals surface area contributed by atoms with E-state index in [0.717, 1.165) is 69.8 Å². The Kier molecular flexibility index (Phi) is 7.96. The summed E-state index contributed by atoms with van der Waals surface area (Å²) in [5.41, 5.74) is 6.20. The summed E-state index contributed by atoms with van der Waals surface area (Å²) in [6.07, 6.45) is 7.32. The molecule has 4 aromatic rings. The van der Waals surface area contributed by atoms with E-state index in [1.807, 2.05) is 0 Å². The van der Waals surface area contributed by atoms with Crippen LogP contribution in [0.15, 0.2) is 36.4 Å². The van der Waals surface area contributed by atoms with Gasteiger partial charge in [0.15, 0.2) is 0 Å². The molecule has 2 saturated heterocycles. The third-order valence-corrected chi connectivity index (χ3v) is 8.70. The maximum absolute atomic E-state index is 4.97. The maximum Gasteiger partial charge on any atom is 0.124 e. The molecule has 2 aliphatic rings. The van der Waals surface area contributed by atoms with Gasteiger partial charge in [0, 0.05) is 11.1 Å². The number of hydrogen-bond donors (Lipinski definition) is 2. The predicted octanol–water partition coefficient (Wildman–Crippen LogP) is 7.21. The normalized spacial score (nSPS) is 20.4. The van der Waals surface area contributed by atoms with E-state index in [1.165, 1.54) is 51.6 Å². The summed E-state index contributed by atoms with van der Waals surface area (Å²) in [5, 5.41) is 0. The van der Waals surface area contributed by atoms with Gasteiger partial charge in [0.2, 0.25) is 0 Å². The van der Waals surface area contributed by atoms with Crippen LogP contribution in [0.25, 0.3) is 22.1 Å². The molecule has 2 aliphatic heterocycles. The Hall–Kier alpha value is -3.14. The number of nitrogens with one attached hydrogen (secondary N) is 2. The third kappa shape index (κ3) is 5.96. The van der Waals surface area contributed by atoms with Gasteiger partial charge in [0.05, 0.1) is 34.2 Å². The van der Waals surface area contributed by atoms with Crippen molar-refractivity contribution in [3.8, 4) is 11.8 Å². The number of rotatable bonds is 8. The van der Waals surface area contributed by atoms with Gasteiger partial charge in [0.1, 0.15) is 11.6 Å². The van der Waals surface area contributed by atoms with Gasteiger partial charge in [-0.3, -0.25) is 9.80 Å². The monoisotopic (exact) mass is 536 g/mol. The quantitative estimate of drug-likeness (QED) is 0.234. The van der Waals surface area contributed by atoms with E-state index in [-0.39, 0.29) is 0 Å². The SMILES string of the molecule is CC(C)CCN1CCC[C@H]1c1nc2ccc(C#Cc3ccc4nc([C@@H]5CCCN5CCC(C)C)[nH]c4c3)cc2[nH]1. The number of nitrogens with zero attached hydrogens (tertiary/aromatic N) is 4. The highest BCUT2D eigenvalue weighted by atomic mass is 15.2. The smallest absolute Gasteiger partial charge is 0.124 e. The van der Waals surface area contributed by atoms with Crippen LogP contribution in [0.5, 0.6) is 0 Å². The topological polar surface area (TPSA) is 63.8 Å². The van der Waals surface area contributed by atoms with Crippen molar-refractivity contribution in [1.82, 2.24) is 29.7 Å². The molecule has 0 aliphatic carbocycles. The molecule has 2 N–H and O–H groups in total. The van der Waals surface area contributed by atoms with Crippen LogP contribution in [-0.2, 0) is 0 Å². The number of H-pyrrole nitrogens is 2. The lowest BCUT2D eigenvalue weighted by atomic mass is 10.1. The molecule has 0 bridgehead atoms. The van der Waals surface area contributed by atoms with Gasteiger partial charge >= 0.3 is 0 Å². The van der Waals surface area contributed by atoms with Gasteiger partial charge in [-0.15, -0.1) is 0 Å². The summed E-state index contributed by atoms with van der Waals surface area (Å²) < 4.78 is 0. The zero-order chi connectivity index (χ0) is 27.6. The van der Waals surface area contributed by atoms with E-state index in [1.54, 1.807) is 0 Å². The molecule has 2 aromatic heterocycles. The number of likely N-dealkylation sites (tertiary alicyclic amines) is 2. The number of hydrogen-bond acceptors (Lipinski definition) is 4. The van der Waals surface area contributed by atoms with Crippen LogP contribution in [0, 0.1) is 23.7 Å². The molecule has 2 atom stereocenters. The zero-order valence-corrected chi connectivity index (χ0v) is 24.6. The average Bonchev–Trinajstić information content (AvgIpc) is 3.73. The van der Waals surface area contributed by atoms with Crippen LogP contribution < -0.4 is 0 Å². The lowest BCUT2D eigenvalue weighted by molar-refractivity contribution is 0.235. The van der Waals surface area contributed by atoms with Gasteiger partial charge in [-0.05, 0) is 113 Å².